The van der Waals surface area contributed by atoms with Gasteiger partial charge in [0.2, 0.25) is 0 Å². The summed E-state index contributed by atoms with van der Waals surface area (Å²) in [6.07, 6.45) is 2.43. The number of hydrogen-bond acceptors (Lipinski definition) is 5. The molecule has 1 aliphatic heterocycles. The zero-order valence-corrected chi connectivity index (χ0v) is 18.2. The average molecular weight is 426 g/mol. The molecule has 0 aliphatic carbocycles. The summed E-state index contributed by atoms with van der Waals surface area (Å²) in [4.78, 5) is 17.8. The van der Waals surface area contributed by atoms with Crippen LogP contribution < -0.4 is 15.4 Å². The number of nitro groups is 1. The molecule has 31 heavy (non-hydrogen) atoms. The standard InChI is InChI=1S/C23H31N5O3/c1-3-24-23(25-16-18-7-6-8-20(15-18)28(29)30)26-17-22(27-13-4-5-14-27)19-9-11-21(31-2)12-10-19/h6-12,15,22H,3-5,13-14,16-17H2,1-2H3,(H2,24,25,26). The van der Waals surface area contributed by atoms with Gasteiger partial charge in [-0.3, -0.25) is 15.0 Å². The number of hydrogen-bond donors (Lipinski definition) is 2. The highest BCUT2D eigenvalue weighted by Gasteiger charge is 2.23. The molecule has 1 atom stereocenters. The topological polar surface area (TPSA) is 92.0 Å². The van der Waals surface area contributed by atoms with Crippen LogP contribution in [0, 0.1) is 10.1 Å². The van der Waals surface area contributed by atoms with Crippen LogP contribution in [0.5, 0.6) is 5.75 Å². The zero-order valence-electron chi connectivity index (χ0n) is 18.2. The highest BCUT2D eigenvalue weighted by molar-refractivity contribution is 5.79. The van der Waals surface area contributed by atoms with Gasteiger partial charge in [-0.2, -0.15) is 0 Å². The van der Waals surface area contributed by atoms with Crippen molar-refractivity contribution in [3.05, 3.63) is 69.8 Å². The number of aliphatic imine (C=N–C) groups is 1. The Bertz CT molecular complexity index is 879. The van der Waals surface area contributed by atoms with E-state index in [0.717, 1.165) is 30.9 Å². The fourth-order valence-electron chi connectivity index (χ4n) is 3.81. The molecule has 8 heteroatoms. The third kappa shape index (κ3) is 6.42. The van der Waals surface area contributed by atoms with E-state index >= 15 is 0 Å². The number of nitrogens with one attached hydrogen (secondary N) is 2. The van der Waals surface area contributed by atoms with Crippen LogP contribution in [-0.2, 0) is 6.54 Å². The summed E-state index contributed by atoms with van der Waals surface area (Å²) in [6, 6.07) is 15.1. The molecule has 8 nitrogen and oxygen atoms in total. The van der Waals surface area contributed by atoms with Crippen LogP contribution in [0.3, 0.4) is 0 Å². The van der Waals surface area contributed by atoms with Gasteiger partial charge in [-0.25, -0.2) is 4.99 Å². The smallest absolute Gasteiger partial charge is 0.269 e. The summed E-state index contributed by atoms with van der Waals surface area (Å²) in [6.45, 7) is 6.00. The van der Waals surface area contributed by atoms with Gasteiger partial charge in [-0.15, -0.1) is 0 Å². The van der Waals surface area contributed by atoms with Crippen molar-refractivity contribution in [1.82, 2.24) is 15.5 Å². The molecular weight excluding hydrogens is 394 g/mol. The number of benzene rings is 2. The molecule has 1 heterocycles. The number of rotatable bonds is 9. The van der Waals surface area contributed by atoms with Gasteiger partial charge in [0.1, 0.15) is 5.75 Å². The van der Waals surface area contributed by atoms with E-state index in [1.807, 2.05) is 25.1 Å². The van der Waals surface area contributed by atoms with E-state index in [9.17, 15) is 10.1 Å². The molecule has 1 aliphatic rings. The summed E-state index contributed by atoms with van der Waals surface area (Å²) in [5, 5.41) is 17.7. The number of ether oxygens (including phenoxy) is 1. The number of guanidine groups is 1. The van der Waals surface area contributed by atoms with Gasteiger partial charge in [0.15, 0.2) is 5.96 Å². The lowest BCUT2D eigenvalue weighted by atomic mass is 10.1. The fourth-order valence-corrected chi connectivity index (χ4v) is 3.81. The van der Waals surface area contributed by atoms with Gasteiger partial charge in [0.05, 0.1) is 24.6 Å². The van der Waals surface area contributed by atoms with Crippen molar-refractivity contribution in [3.63, 3.8) is 0 Å². The van der Waals surface area contributed by atoms with Gasteiger partial charge < -0.3 is 15.4 Å². The lowest BCUT2D eigenvalue weighted by Gasteiger charge is -2.29. The molecule has 166 valence electrons. The summed E-state index contributed by atoms with van der Waals surface area (Å²) >= 11 is 0. The van der Waals surface area contributed by atoms with E-state index in [-0.39, 0.29) is 16.7 Å². The Morgan fingerprint density at radius 2 is 1.94 bits per heavy atom. The summed E-state index contributed by atoms with van der Waals surface area (Å²) in [5.74, 6) is 1.55. The van der Waals surface area contributed by atoms with Crippen molar-refractivity contribution in [3.8, 4) is 5.75 Å². The molecule has 2 aromatic carbocycles. The van der Waals surface area contributed by atoms with Crippen LogP contribution in [0.1, 0.15) is 36.9 Å². The van der Waals surface area contributed by atoms with E-state index in [1.54, 1.807) is 19.2 Å². The molecule has 1 saturated heterocycles. The molecule has 0 amide bonds. The monoisotopic (exact) mass is 425 g/mol. The van der Waals surface area contributed by atoms with Gasteiger partial charge in [-0.05, 0) is 56.1 Å². The van der Waals surface area contributed by atoms with Gasteiger partial charge in [0.25, 0.3) is 5.69 Å². The molecule has 1 fully saturated rings. The number of nitro benzene ring substituents is 1. The van der Waals surface area contributed by atoms with Crippen molar-refractivity contribution < 1.29 is 9.66 Å². The third-order valence-electron chi connectivity index (χ3n) is 5.43. The van der Waals surface area contributed by atoms with Crippen LogP contribution in [0.25, 0.3) is 0 Å². The molecule has 1 unspecified atom stereocenters. The molecule has 2 aromatic rings. The maximum Gasteiger partial charge on any atom is 0.269 e. The van der Waals surface area contributed by atoms with E-state index in [2.05, 4.69) is 32.7 Å². The highest BCUT2D eigenvalue weighted by atomic mass is 16.6. The van der Waals surface area contributed by atoms with Crippen molar-refractivity contribution in [2.45, 2.75) is 32.4 Å². The number of methoxy groups -OCH3 is 1. The van der Waals surface area contributed by atoms with Crippen molar-refractivity contribution >= 4 is 11.6 Å². The average Bonchev–Trinajstić information content (AvgIpc) is 3.32. The Hall–Kier alpha value is -3.13. The second-order valence-electron chi connectivity index (χ2n) is 7.54. The lowest BCUT2D eigenvalue weighted by Crippen LogP contribution is -2.42. The predicted octanol–water partition coefficient (Wildman–Crippen LogP) is 3.50. The predicted molar refractivity (Wildman–Crippen MR) is 122 cm³/mol. The molecular formula is C23H31N5O3. The fraction of sp³-hybridized carbons (Fsp3) is 0.435. The molecule has 2 N–H and O–H groups in total. The minimum absolute atomic E-state index is 0.0827. The van der Waals surface area contributed by atoms with Crippen LogP contribution >= 0.6 is 0 Å². The highest BCUT2D eigenvalue weighted by Crippen LogP contribution is 2.26. The number of non-ortho nitro benzene ring substituents is 1. The molecule has 0 radical (unpaired) electrons. The maximum absolute atomic E-state index is 11.0. The molecule has 0 saturated carbocycles. The van der Waals surface area contributed by atoms with Gasteiger partial charge in [-0.1, -0.05) is 24.3 Å². The SMILES string of the molecule is CCNC(=NCc1cccc([N+](=O)[O-])c1)NCC(c1ccc(OC)cc1)N1CCCC1. The molecule has 0 spiro atoms. The molecule has 0 aromatic heterocycles. The molecule has 0 bridgehead atoms. The van der Waals surface area contributed by atoms with Crippen LogP contribution in [0.4, 0.5) is 5.69 Å². The minimum atomic E-state index is -0.383. The zero-order chi connectivity index (χ0) is 22.1. The molecule has 3 rings (SSSR count). The first kappa shape index (κ1) is 22.6. The van der Waals surface area contributed by atoms with Gasteiger partial charge >= 0.3 is 0 Å². The Morgan fingerprint density at radius 3 is 2.58 bits per heavy atom. The first-order valence-corrected chi connectivity index (χ1v) is 10.7. The Kier molecular flexibility index (Phi) is 8.23. The van der Waals surface area contributed by atoms with Crippen molar-refractivity contribution in [2.75, 3.05) is 33.3 Å². The van der Waals surface area contributed by atoms with Crippen molar-refractivity contribution in [2.24, 2.45) is 4.99 Å². The summed E-state index contributed by atoms with van der Waals surface area (Å²) in [7, 11) is 1.68. The third-order valence-corrected chi connectivity index (χ3v) is 5.43. The number of nitrogens with zero attached hydrogens (tertiary/aromatic N) is 3. The minimum Gasteiger partial charge on any atom is -0.497 e. The second kappa shape index (κ2) is 11.3. The summed E-state index contributed by atoms with van der Waals surface area (Å²) < 4.78 is 5.30. The van der Waals surface area contributed by atoms with Crippen LogP contribution in [0.2, 0.25) is 0 Å². The van der Waals surface area contributed by atoms with E-state index in [1.165, 1.54) is 24.5 Å². The van der Waals surface area contributed by atoms with E-state index in [0.29, 0.717) is 19.0 Å². The van der Waals surface area contributed by atoms with Crippen molar-refractivity contribution in [1.29, 1.82) is 0 Å². The van der Waals surface area contributed by atoms with E-state index < -0.39 is 0 Å². The maximum atomic E-state index is 11.0. The van der Waals surface area contributed by atoms with E-state index in [4.69, 9.17) is 4.74 Å². The first-order chi connectivity index (χ1) is 15.1. The first-order valence-electron chi connectivity index (χ1n) is 10.7. The summed E-state index contributed by atoms with van der Waals surface area (Å²) in [5.41, 5.74) is 2.13. The van der Waals surface area contributed by atoms with Crippen LogP contribution in [-0.4, -0.2) is 49.1 Å². The Morgan fingerprint density at radius 1 is 1.19 bits per heavy atom. The van der Waals surface area contributed by atoms with Gasteiger partial charge in [0, 0.05) is 25.2 Å². The lowest BCUT2D eigenvalue weighted by molar-refractivity contribution is -0.384. The number of likely N-dealkylation sites (tertiary alicyclic amines) is 1. The van der Waals surface area contributed by atoms with Crippen LogP contribution in [0.15, 0.2) is 53.5 Å². The Labute approximate surface area is 183 Å². The largest absolute Gasteiger partial charge is 0.497 e. The Balaban J connectivity index is 1.71. The normalized spacial score (nSPS) is 15.5. The second-order valence-corrected chi connectivity index (χ2v) is 7.54. The quantitative estimate of drug-likeness (QED) is 0.277.